The molecule has 0 saturated heterocycles. The van der Waals surface area contributed by atoms with Crippen LogP contribution in [0.2, 0.25) is 0 Å². The Morgan fingerprint density at radius 1 is 1.44 bits per heavy atom. The second kappa shape index (κ2) is 5.87. The second-order valence-corrected chi connectivity index (χ2v) is 6.29. The topological polar surface area (TPSA) is 20.3 Å². The van der Waals surface area contributed by atoms with Gasteiger partial charge >= 0.3 is 0 Å². The average Bonchev–Trinajstić information content (AvgIpc) is 3.15. The zero-order chi connectivity index (χ0) is 13.1. The number of halogens is 1. The molecule has 2 rings (SSSR count). The van der Waals surface area contributed by atoms with Crippen LogP contribution in [0.15, 0.2) is 22.7 Å². The molecule has 1 fully saturated rings. The van der Waals surface area contributed by atoms with E-state index in [0.717, 1.165) is 28.8 Å². The quantitative estimate of drug-likeness (QED) is 0.731. The van der Waals surface area contributed by atoms with Crippen LogP contribution in [-0.4, -0.2) is 18.9 Å². The third kappa shape index (κ3) is 3.35. The van der Waals surface area contributed by atoms with E-state index in [4.69, 9.17) is 0 Å². The normalized spacial score (nSPS) is 14.9. The zero-order valence-corrected chi connectivity index (χ0v) is 12.6. The molecule has 0 aromatic heterocycles. The van der Waals surface area contributed by atoms with Crippen molar-refractivity contribution in [3.05, 3.63) is 28.2 Å². The van der Waals surface area contributed by atoms with Crippen LogP contribution in [0.25, 0.3) is 0 Å². The van der Waals surface area contributed by atoms with Crippen LogP contribution in [0.5, 0.6) is 0 Å². The number of benzene rings is 1. The summed E-state index contributed by atoms with van der Waals surface area (Å²) < 4.78 is 1.03. The van der Waals surface area contributed by atoms with E-state index in [-0.39, 0.29) is 0 Å². The van der Waals surface area contributed by atoms with Gasteiger partial charge in [-0.25, -0.2) is 0 Å². The predicted molar refractivity (Wildman–Crippen MR) is 79.4 cm³/mol. The Balaban J connectivity index is 2.17. The molecule has 1 aromatic carbocycles. The minimum atomic E-state index is 0.696. The van der Waals surface area contributed by atoms with E-state index >= 15 is 0 Å². The number of hydrogen-bond donors (Lipinski definition) is 0. The second-order valence-electron chi connectivity index (χ2n) is 5.44. The first-order valence-electron chi connectivity index (χ1n) is 6.63. The minimum absolute atomic E-state index is 0.696. The van der Waals surface area contributed by atoms with Crippen molar-refractivity contribution in [2.75, 3.05) is 11.4 Å². The molecule has 1 aromatic rings. The highest BCUT2D eigenvalue weighted by Gasteiger charge is 2.30. The molecule has 0 unspecified atom stereocenters. The highest BCUT2D eigenvalue weighted by Crippen LogP contribution is 2.36. The highest BCUT2D eigenvalue weighted by molar-refractivity contribution is 9.10. The summed E-state index contributed by atoms with van der Waals surface area (Å²) in [5.74, 6) is 0.722. The van der Waals surface area contributed by atoms with Gasteiger partial charge in [0.1, 0.15) is 6.29 Å². The number of rotatable bonds is 6. The zero-order valence-electron chi connectivity index (χ0n) is 11.0. The summed E-state index contributed by atoms with van der Waals surface area (Å²) in [5.41, 5.74) is 1.95. The molecule has 0 atom stereocenters. The molecular weight excluding hydrogens is 290 g/mol. The lowest BCUT2D eigenvalue weighted by molar-refractivity contribution is 0.112. The van der Waals surface area contributed by atoms with Crippen LogP contribution < -0.4 is 4.90 Å². The van der Waals surface area contributed by atoms with E-state index in [1.54, 1.807) is 0 Å². The molecule has 0 bridgehead atoms. The van der Waals surface area contributed by atoms with Crippen LogP contribution in [-0.2, 0) is 0 Å². The number of carbonyl (C=O) groups is 1. The Hall–Kier alpha value is -0.830. The molecule has 1 saturated carbocycles. The number of aldehydes is 1. The summed E-state index contributed by atoms with van der Waals surface area (Å²) in [6.45, 7) is 5.62. The molecule has 2 nitrogen and oxygen atoms in total. The van der Waals surface area contributed by atoms with E-state index in [2.05, 4.69) is 40.7 Å². The molecule has 1 aliphatic rings. The molecular formula is C15H20BrNO. The molecule has 1 aliphatic carbocycles. The lowest BCUT2D eigenvalue weighted by Gasteiger charge is -2.27. The summed E-state index contributed by atoms with van der Waals surface area (Å²) >= 11 is 3.59. The Kier molecular flexibility index (Phi) is 4.44. The summed E-state index contributed by atoms with van der Waals surface area (Å²) in [6, 6.07) is 6.57. The van der Waals surface area contributed by atoms with E-state index < -0.39 is 0 Å². The van der Waals surface area contributed by atoms with Crippen molar-refractivity contribution in [2.45, 2.75) is 39.2 Å². The van der Waals surface area contributed by atoms with Crippen LogP contribution in [0, 0.1) is 5.92 Å². The van der Waals surface area contributed by atoms with Gasteiger partial charge in [-0.2, -0.15) is 0 Å². The van der Waals surface area contributed by atoms with E-state index in [1.165, 1.54) is 24.9 Å². The minimum Gasteiger partial charge on any atom is -0.368 e. The smallest absolute Gasteiger partial charge is 0.150 e. The molecule has 18 heavy (non-hydrogen) atoms. The summed E-state index contributed by atoms with van der Waals surface area (Å²) in [6.07, 6.45) is 4.68. The van der Waals surface area contributed by atoms with Gasteiger partial charge in [0.05, 0.1) is 5.69 Å². The lowest BCUT2D eigenvalue weighted by Crippen LogP contribution is -2.28. The molecule has 0 spiro atoms. The predicted octanol–water partition coefficient (Wildman–Crippen LogP) is 4.28. The fourth-order valence-electron chi connectivity index (χ4n) is 2.11. The van der Waals surface area contributed by atoms with Gasteiger partial charge < -0.3 is 4.90 Å². The van der Waals surface area contributed by atoms with Gasteiger partial charge in [0.25, 0.3) is 0 Å². The standard InChI is InChI=1S/C15H20BrNO/c1-11(2)7-8-17(13-4-5-13)15-6-3-12(10-18)9-14(15)16/h3,6,9-11,13H,4-5,7-8H2,1-2H3. The molecule has 0 radical (unpaired) electrons. The molecule has 0 amide bonds. The van der Waals surface area contributed by atoms with Gasteiger partial charge in [-0.05, 0) is 59.3 Å². The highest BCUT2D eigenvalue weighted by atomic mass is 79.9. The molecule has 98 valence electrons. The van der Waals surface area contributed by atoms with Crippen molar-refractivity contribution >= 4 is 27.9 Å². The molecule has 0 aliphatic heterocycles. The monoisotopic (exact) mass is 309 g/mol. The van der Waals surface area contributed by atoms with Gasteiger partial charge in [-0.1, -0.05) is 13.8 Å². The van der Waals surface area contributed by atoms with Gasteiger partial charge in [-0.15, -0.1) is 0 Å². The van der Waals surface area contributed by atoms with Crippen LogP contribution >= 0.6 is 15.9 Å². The van der Waals surface area contributed by atoms with E-state index in [1.807, 2.05) is 12.1 Å². The fraction of sp³-hybridized carbons (Fsp3) is 0.533. The van der Waals surface area contributed by atoms with Crippen molar-refractivity contribution in [3.63, 3.8) is 0 Å². The summed E-state index contributed by atoms with van der Waals surface area (Å²) in [4.78, 5) is 13.3. The van der Waals surface area contributed by atoms with Crippen LogP contribution in [0.1, 0.15) is 43.5 Å². The lowest BCUT2D eigenvalue weighted by atomic mass is 10.1. The third-order valence-corrected chi connectivity index (χ3v) is 3.99. The Morgan fingerprint density at radius 2 is 2.17 bits per heavy atom. The average molecular weight is 310 g/mol. The first-order chi connectivity index (χ1) is 8.61. The van der Waals surface area contributed by atoms with Crippen molar-refractivity contribution in [2.24, 2.45) is 5.92 Å². The summed E-state index contributed by atoms with van der Waals surface area (Å²) in [5, 5.41) is 0. The maximum Gasteiger partial charge on any atom is 0.150 e. The number of anilines is 1. The number of carbonyl (C=O) groups excluding carboxylic acids is 1. The molecule has 0 heterocycles. The molecule has 0 N–H and O–H groups in total. The maximum atomic E-state index is 10.8. The largest absolute Gasteiger partial charge is 0.368 e. The van der Waals surface area contributed by atoms with E-state index in [0.29, 0.717) is 6.04 Å². The van der Waals surface area contributed by atoms with Gasteiger partial charge in [0, 0.05) is 22.6 Å². The Bertz CT molecular complexity index is 427. The number of hydrogen-bond acceptors (Lipinski definition) is 2. The van der Waals surface area contributed by atoms with Crippen LogP contribution in [0.4, 0.5) is 5.69 Å². The third-order valence-electron chi connectivity index (χ3n) is 3.35. The van der Waals surface area contributed by atoms with E-state index in [9.17, 15) is 4.79 Å². The first-order valence-corrected chi connectivity index (χ1v) is 7.42. The first kappa shape index (κ1) is 13.6. The van der Waals surface area contributed by atoms with Gasteiger partial charge in [-0.3, -0.25) is 4.79 Å². The SMILES string of the molecule is CC(C)CCN(c1ccc(C=O)cc1Br)C1CC1. The van der Waals surface area contributed by atoms with Crippen molar-refractivity contribution in [3.8, 4) is 0 Å². The van der Waals surface area contributed by atoms with Crippen molar-refractivity contribution < 1.29 is 4.79 Å². The Labute approximate surface area is 117 Å². The molecule has 3 heteroatoms. The van der Waals surface area contributed by atoms with Crippen molar-refractivity contribution in [1.82, 2.24) is 0 Å². The summed E-state index contributed by atoms with van der Waals surface area (Å²) in [7, 11) is 0. The Morgan fingerprint density at radius 3 is 2.67 bits per heavy atom. The fourth-order valence-corrected chi connectivity index (χ4v) is 2.74. The maximum absolute atomic E-state index is 10.8. The van der Waals surface area contributed by atoms with Crippen LogP contribution in [0.3, 0.4) is 0 Å². The van der Waals surface area contributed by atoms with Gasteiger partial charge in [0.2, 0.25) is 0 Å². The van der Waals surface area contributed by atoms with Gasteiger partial charge in [0.15, 0.2) is 0 Å². The van der Waals surface area contributed by atoms with Crippen molar-refractivity contribution in [1.29, 1.82) is 0 Å². The number of nitrogens with zero attached hydrogens (tertiary/aromatic N) is 1.